The minimum Gasteiger partial charge on any atom is -0.394 e. The van der Waals surface area contributed by atoms with Crippen LogP contribution in [-0.2, 0) is 8.85 Å². The van der Waals surface area contributed by atoms with Crippen molar-refractivity contribution in [3.8, 4) is 0 Å². The molecule has 0 aliphatic carbocycles. The Bertz CT molecular complexity index is 123. The van der Waals surface area contributed by atoms with Crippen molar-refractivity contribution in [3.05, 3.63) is 0 Å². The summed E-state index contributed by atoms with van der Waals surface area (Å²) in [5.41, 5.74) is 0.653. The molecule has 3 heteroatoms. The molecule has 0 bridgehead atoms. The molecule has 0 rings (SSSR count). The zero-order valence-corrected chi connectivity index (χ0v) is 11.7. The van der Waals surface area contributed by atoms with Crippen LogP contribution in [-0.4, -0.2) is 21.5 Å². The Labute approximate surface area is 90.8 Å². The first-order chi connectivity index (χ1) is 6.51. The summed E-state index contributed by atoms with van der Waals surface area (Å²) >= 11 is 0. The van der Waals surface area contributed by atoms with Crippen molar-refractivity contribution in [2.45, 2.75) is 72.1 Å². The zero-order chi connectivity index (χ0) is 11.1. The second-order valence-electron chi connectivity index (χ2n) is 4.31. The molecule has 0 saturated heterocycles. The van der Waals surface area contributed by atoms with Crippen molar-refractivity contribution < 1.29 is 8.85 Å². The third-order valence-electron chi connectivity index (χ3n) is 2.25. The third-order valence-corrected chi connectivity index (χ3v) is 5.58. The molecule has 0 atom stereocenters. The number of rotatable bonds is 7. The van der Waals surface area contributed by atoms with Crippen LogP contribution in [0.3, 0.4) is 0 Å². The minimum absolute atomic E-state index is 0.297. The van der Waals surface area contributed by atoms with Crippen LogP contribution in [0.2, 0.25) is 5.54 Å². The van der Waals surface area contributed by atoms with Gasteiger partial charge >= 0.3 is 9.28 Å². The SMILES string of the molecule is CCC(CC)[SiH](OC(C)C)OC(C)C. The molecule has 0 aliphatic rings. The minimum atomic E-state index is -1.46. The van der Waals surface area contributed by atoms with Crippen molar-refractivity contribution in [3.63, 3.8) is 0 Å². The summed E-state index contributed by atoms with van der Waals surface area (Å²) in [5.74, 6) is 0. The van der Waals surface area contributed by atoms with E-state index in [9.17, 15) is 0 Å². The summed E-state index contributed by atoms with van der Waals surface area (Å²) in [7, 11) is -1.46. The van der Waals surface area contributed by atoms with Crippen LogP contribution in [0.5, 0.6) is 0 Å². The molecule has 0 amide bonds. The molecule has 0 unspecified atom stereocenters. The van der Waals surface area contributed by atoms with Gasteiger partial charge < -0.3 is 8.85 Å². The third kappa shape index (κ3) is 5.78. The topological polar surface area (TPSA) is 18.5 Å². The van der Waals surface area contributed by atoms with Crippen molar-refractivity contribution >= 4 is 9.28 Å². The van der Waals surface area contributed by atoms with E-state index >= 15 is 0 Å². The quantitative estimate of drug-likeness (QED) is 0.611. The summed E-state index contributed by atoms with van der Waals surface area (Å²) in [6.07, 6.45) is 2.94. The van der Waals surface area contributed by atoms with Crippen LogP contribution in [0, 0.1) is 0 Å². The highest BCUT2D eigenvalue weighted by Crippen LogP contribution is 2.22. The summed E-state index contributed by atoms with van der Waals surface area (Å²) < 4.78 is 11.8. The molecular weight excluding hydrogens is 192 g/mol. The van der Waals surface area contributed by atoms with E-state index in [1.807, 2.05) is 0 Å². The van der Waals surface area contributed by atoms with Gasteiger partial charge in [-0.3, -0.25) is 0 Å². The molecule has 2 nitrogen and oxygen atoms in total. The van der Waals surface area contributed by atoms with Crippen molar-refractivity contribution in [2.24, 2.45) is 0 Å². The highest BCUT2D eigenvalue weighted by atomic mass is 28.3. The Morgan fingerprint density at radius 2 is 1.21 bits per heavy atom. The zero-order valence-electron chi connectivity index (χ0n) is 10.5. The van der Waals surface area contributed by atoms with E-state index in [1.165, 1.54) is 12.8 Å². The summed E-state index contributed by atoms with van der Waals surface area (Å²) in [6.45, 7) is 12.8. The van der Waals surface area contributed by atoms with Crippen LogP contribution in [0.25, 0.3) is 0 Å². The maximum atomic E-state index is 5.92. The van der Waals surface area contributed by atoms with E-state index in [0.717, 1.165) is 0 Å². The molecule has 0 aromatic carbocycles. The van der Waals surface area contributed by atoms with Gasteiger partial charge in [-0.2, -0.15) is 0 Å². The maximum Gasteiger partial charge on any atom is 0.325 e. The Morgan fingerprint density at radius 1 is 0.857 bits per heavy atom. The van der Waals surface area contributed by atoms with E-state index in [0.29, 0.717) is 17.7 Å². The Hall–Kier alpha value is 0.137. The molecule has 0 saturated carbocycles. The fourth-order valence-electron chi connectivity index (χ4n) is 1.46. The number of hydrogen-bond acceptors (Lipinski definition) is 2. The molecule has 0 N–H and O–H groups in total. The fourth-order valence-corrected chi connectivity index (χ4v) is 3.82. The largest absolute Gasteiger partial charge is 0.394 e. The monoisotopic (exact) mass is 218 g/mol. The first-order valence-electron chi connectivity index (χ1n) is 5.82. The normalized spacial score (nSPS) is 12.4. The molecule has 0 radical (unpaired) electrons. The first-order valence-corrected chi connectivity index (χ1v) is 7.43. The molecule has 0 aromatic heterocycles. The van der Waals surface area contributed by atoms with Gasteiger partial charge in [-0.05, 0) is 33.2 Å². The van der Waals surface area contributed by atoms with E-state index in [2.05, 4.69) is 41.5 Å². The van der Waals surface area contributed by atoms with Crippen LogP contribution >= 0.6 is 0 Å². The molecule has 0 spiro atoms. The van der Waals surface area contributed by atoms with Gasteiger partial charge in [-0.15, -0.1) is 0 Å². The second-order valence-corrected chi connectivity index (χ2v) is 6.54. The predicted molar refractivity (Wildman–Crippen MR) is 63.9 cm³/mol. The molecule has 86 valence electrons. The molecule has 0 fully saturated rings. The van der Waals surface area contributed by atoms with Gasteiger partial charge in [0.15, 0.2) is 0 Å². The molecule has 14 heavy (non-hydrogen) atoms. The summed E-state index contributed by atoms with van der Waals surface area (Å²) in [6, 6.07) is 0. The molecule has 0 aliphatic heterocycles. The van der Waals surface area contributed by atoms with Crippen molar-refractivity contribution in [2.75, 3.05) is 0 Å². The Kier molecular flexibility index (Phi) is 7.50. The lowest BCUT2D eigenvalue weighted by Crippen LogP contribution is -2.33. The lowest BCUT2D eigenvalue weighted by molar-refractivity contribution is 0.121. The first kappa shape index (κ1) is 14.1. The predicted octanol–water partition coefficient (Wildman–Crippen LogP) is 3.25. The second kappa shape index (κ2) is 7.43. The Balaban J connectivity index is 4.20. The van der Waals surface area contributed by atoms with Gasteiger partial charge in [0.05, 0.1) is 0 Å². The molecule has 0 aromatic rings. The van der Waals surface area contributed by atoms with Crippen molar-refractivity contribution in [1.82, 2.24) is 0 Å². The fraction of sp³-hybridized carbons (Fsp3) is 1.00. The van der Waals surface area contributed by atoms with Crippen LogP contribution in [0.4, 0.5) is 0 Å². The van der Waals surface area contributed by atoms with E-state index in [-0.39, 0.29) is 0 Å². The van der Waals surface area contributed by atoms with E-state index < -0.39 is 9.28 Å². The molecular formula is C11H26O2Si. The maximum absolute atomic E-state index is 5.92. The smallest absolute Gasteiger partial charge is 0.325 e. The van der Waals surface area contributed by atoms with E-state index in [1.54, 1.807) is 0 Å². The standard InChI is InChI=1S/C11H26O2Si/c1-7-11(8-2)14(12-9(3)4)13-10(5)6/h9-11,14H,7-8H2,1-6H3. The van der Waals surface area contributed by atoms with Gasteiger partial charge in [-0.25, -0.2) is 0 Å². The molecule has 0 heterocycles. The average molecular weight is 218 g/mol. The lowest BCUT2D eigenvalue weighted by Gasteiger charge is -2.27. The van der Waals surface area contributed by atoms with Gasteiger partial charge in [0, 0.05) is 12.2 Å². The highest BCUT2D eigenvalue weighted by Gasteiger charge is 2.25. The van der Waals surface area contributed by atoms with Crippen LogP contribution in [0.15, 0.2) is 0 Å². The van der Waals surface area contributed by atoms with Crippen LogP contribution < -0.4 is 0 Å². The van der Waals surface area contributed by atoms with Gasteiger partial charge in [0.25, 0.3) is 0 Å². The lowest BCUT2D eigenvalue weighted by atomic mass is 10.3. The van der Waals surface area contributed by atoms with Gasteiger partial charge in [0.2, 0.25) is 0 Å². The summed E-state index contributed by atoms with van der Waals surface area (Å²) in [4.78, 5) is 0. The van der Waals surface area contributed by atoms with Gasteiger partial charge in [0.1, 0.15) is 0 Å². The van der Waals surface area contributed by atoms with Crippen molar-refractivity contribution in [1.29, 1.82) is 0 Å². The highest BCUT2D eigenvalue weighted by molar-refractivity contribution is 6.46. The summed E-state index contributed by atoms with van der Waals surface area (Å²) in [5, 5.41) is 0. The van der Waals surface area contributed by atoms with Crippen LogP contribution in [0.1, 0.15) is 54.4 Å². The average Bonchev–Trinajstić information content (AvgIpc) is 2.03. The van der Waals surface area contributed by atoms with E-state index in [4.69, 9.17) is 8.85 Å². The Morgan fingerprint density at radius 3 is 1.43 bits per heavy atom. The number of hydrogen-bond donors (Lipinski definition) is 0. The van der Waals surface area contributed by atoms with Gasteiger partial charge in [-0.1, -0.05) is 26.7 Å².